The van der Waals surface area contributed by atoms with Gasteiger partial charge in [-0.15, -0.1) is 11.6 Å². The molecular formula is C10H14ClN3. The van der Waals surface area contributed by atoms with Crippen LogP contribution in [0.5, 0.6) is 0 Å². The number of hydrogen-bond acceptors (Lipinski definition) is 2. The summed E-state index contributed by atoms with van der Waals surface area (Å²) in [4.78, 5) is 4.28. The summed E-state index contributed by atoms with van der Waals surface area (Å²) in [5.74, 6) is 0.995. The molecule has 1 aromatic heterocycles. The fourth-order valence-electron chi connectivity index (χ4n) is 1.75. The monoisotopic (exact) mass is 211 g/mol. The Labute approximate surface area is 88.8 Å². The van der Waals surface area contributed by atoms with Gasteiger partial charge in [-0.05, 0) is 24.8 Å². The largest absolute Gasteiger partial charge is 0.246 e. The molecule has 0 radical (unpaired) electrons. The van der Waals surface area contributed by atoms with Gasteiger partial charge < -0.3 is 0 Å². The zero-order valence-corrected chi connectivity index (χ0v) is 9.04. The van der Waals surface area contributed by atoms with Crippen molar-refractivity contribution < 1.29 is 0 Å². The molecule has 0 aliphatic heterocycles. The van der Waals surface area contributed by atoms with Crippen LogP contribution in [0.25, 0.3) is 5.57 Å². The van der Waals surface area contributed by atoms with E-state index in [1.54, 1.807) is 6.33 Å². The summed E-state index contributed by atoms with van der Waals surface area (Å²) in [6.45, 7) is 3.07. The van der Waals surface area contributed by atoms with E-state index in [2.05, 4.69) is 23.1 Å². The van der Waals surface area contributed by atoms with Crippen LogP contribution >= 0.6 is 11.6 Å². The van der Waals surface area contributed by atoms with Gasteiger partial charge in [0, 0.05) is 6.54 Å². The van der Waals surface area contributed by atoms with E-state index >= 15 is 0 Å². The first-order chi connectivity index (χ1) is 6.81. The molecule has 1 unspecified atom stereocenters. The third-order valence-corrected chi connectivity index (χ3v) is 2.75. The Kier molecular flexibility index (Phi) is 2.87. The number of alkyl halides is 1. The number of rotatable bonds is 3. The lowest BCUT2D eigenvalue weighted by molar-refractivity contribution is 0.593. The molecule has 2 rings (SSSR count). The van der Waals surface area contributed by atoms with Gasteiger partial charge in [0.15, 0.2) is 5.82 Å². The predicted molar refractivity (Wildman–Crippen MR) is 57.2 cm³/mol. The number of halogens is 1. The van der Waals surface area contributed by atoms with Crippen molar-refractivity contribution in [3.05, 3.63) is 18.2 Å². The summed E-state index contributed by atoms with van der Waals surface area (Å²) in [7, 11) is 0. The number of allylic oxidation sites excluding steroid dienone is 2. The highest BCUT2D eigenvalue weighted by Crippen LogP contribution is 2.29. The average molecular weight is 212 g/mol. The van der Waals surface area contributed by atoms with Gasteiger partial charge in [-0.1, -0.05) is 13.0 Å². The van der Waals surface area contributed by atoms with E-state index in [9.17, 15) is 0 Å². The molecule has 1 aromatic rings. The summed E-state index contributed by atoms with van der Waals surface area (Å²) in [6.07, 6.45) is 6.84. The van der Waals surface area contributed by atoms with Gasteiger partial charge in [0.1, 0.15) is 6.33 Å². The van der Waals surface area contributed by atoms with Crippen molar-refractivity contribution in [2.75, 3.05) is 0 Å². The molecule has 1 aliphatic rings. The van der Waals surface area contributed by atoms with Gasteiger partial charge in [-0.3, -0.25) is 0 Å². The number of nitrogens with zero attached hydrogens (tertiary/aromatic N) is 3. The Bertz CT molecular complexity index is 343. The zero-order valence-electron chi connectivity index (χ0n) is 8.28. The normalized spacial score (nSPS) is 21.3. The number of hydrogen-bond donors (Lipinski definition) is 0. The molecule has 1 heterocycles. The van der Waals surface area contributed by atoms with Gasteiger partial charge in [0.25, 0.3) is 0 Å². The Hall–Kier alpha value is -0.830. The highest BCUT2D eigenvalue weighted by Gasteiger charge is 2.18. The minimum Gasteiger partial charge on any atom is -0.246 e. The minimum absolute atomic E-state index is 0.178. The van der Waals surface area contributed by atoms with Gasteiger partial charge in [-0.25, -0.2) is 9.67 Å². The van der Waals surface area contributed by atoms with E-state index in [0.717, 1.165) is 31.6 Å². The van der Waals surface area contributed by atoms with Crippen LogP contribution in [0, 0.1) is 0 Å². The van der Waals surface area contributed by atoms with Crippen molar-refractivity contribution in [2.24, 2.45) is 0 Å². The first-order valence-corrected chi connectivity index (χ1v) is 5.48. The van der Waals surface area contributed by atoms with E-state index in [-0.39, 0.29) is 5.38 Å². The molecule has 3 nitrogen and oxygen atoms in total. The van der Waals surface area contributed by atoms with Crippen LogP contribution in [0.1, 0.15) is 32.0 Å². The molecule has 0 N–H and O–H groups in total. The van der Waals surface area contributed by atoms with E-state index in [1.165, 1.54) is 5.57 Å². The molecule has 0 saturated carbocycles. The van der Waals surface area contributed by atoms with Crippen molar-refractivity contribution in [3.63, 3.8) is 0 Å². The van der Waals surface area contributed by atoms with E-state index in [4.69, 9.17) is 11.6 Å². The van der Waals surface area contributed by atoms with Crippen LogP contribution in [0.4, 0.5) is 0 Å². The fraction of sp³-hybridized carbons (Fsp3) is 0.600. The number of aromatic nitrogens is 3. The standard InChI is InChI=1S/C10H14ClN3/c1-2-5-14-10(12-7-13-14)8-3-4-9(11)6-8/h6-7,9H,2-5H2,1H3. The summed E-state index contributed by atoms with van der Waals surface area (Å²) >= 11 is 6.02. The van der Waals surface area contributed by atoms with Gasteiger partial charge in [-0.2, -0.15) is 5.10 Å². The highest BCUT2D eigenvalue weighted by atomic mass is 35.5. The van der Waals surface area contributed by atoms with Crippen molar-refractivity contribution in [1.29, 1.82) is 0 Å². The Morgan fingerprint density at radius 1 is 1.64 bits per heavy atom. The molecule has 14 heavy (non-hydrogen) atoms. The molecule has 0 bridgehead atoms. The van der Waals surface area contributed by atoms with Crippen LogP contribution in [-0.2, 0) is 6.54 Å². The van der Waals surface area contributed by atoms with E-state index in [0.29, 0.717) is 0 Å². The van der Waals surface area contributed by atoms with Crippen LogP contribution in [0.2, 0.25) is 0 Å². The lowest BCUT2D eigenvalue weighted by atomic mass is 10.2. The third-order valence-electron chi connectivity index (χ3n) is 2.41. The van der Waals surface area contributed by atoms with Crippen LogP contribution in [-0.4, -0.2) is 20.1 Å². The van der Waals surface area contributed by atoms with Crippen molar-refractivity contribution in [1.82, 2.24) is 14.8 Å². The summed E-state index contributed by atoms with van der Waals surface area (Å²) in [6, 6.07) is 0. The van der Waals surface area contributed by atoms with Crippen LogP contribution in [0.15, 0.2) is 12.4 Å². The molecule has 0 saturated heterocycles. The Morgan fingerprint density at radius 2 is 2.50 bits per heavy atom. The third kappa shape index (κ3) is 1.82. The van der Waals surface area contributed by atoms with Crippen LogP contribution in [0.3, 0.4) is 0 Å². The molecular weight excluding hydrogens is 198 g/mol. The Balaban J connectivity index is 2.23. The quantitative estimate of drug-likeness (QED) is 0.720. The summed E-state index contributed by atoms with van der Waals surface area (Å²) in [5.41, 5.74) is 1.25. The topological polar surface area (TPSA) is 30.7 Å². The molecule has 0 spiro atoms. The second-order valence-corrected chi connectivity index (χ2v) is 4.11. The minimum atomic E-state index is 0.178. The van der Waals surface area contributed by atoms with Gasteiger partial charge >= 0.3 is 0 Å². The maximum absolute atomic E-state index is 6.02. The predicted octanol–water partition coefficient (Wildman–Crippen LogP) is 2.47. The summed E-state index contributed by atoms with van der Waals surface area (Å²) in [5, 5.41) is 4.37. The highest BCUT2D eigenvalue weighted by molar-refractivity contribution is 6.22. The van der Waals surface area contributed by atoms with E-state index < -0.39 is 0 Å². The zero-order chi connectivity index (χ0) is 9.97. The molecule has 0 fully saturated rings. The van der Waals surface area contributed by atoms with Crippen LogP contribution < -0.4 is 0 Å². The first-order valence-electron chi connectivity index (χ1n) is 5.04. The molecule has 1 atom stereocenters. The van der Waals surface area contributed by atoms with Crippen molar-refractivity contribution in [3.8, 4) is 0 Å². The van der Waals surface area contributed by atoms with E-state index in [1.807, 2.05) is 4.68 Å². The van der Waals surface area contributed by atoms with Crippen molar-refractivity contribution >= 4 is 17.2 Å². The molecule has 0 amide bonds. The fourth-order valence-corrected chi connectivity index (χ4v) is 2.01. The molecule has 4 heteroatoms. The molecule has 76 valence electrons. The van der Waals surface area contributed by atoms with Gasteiger partial charge in [0.2, 0.25) is 0 Å². The first kappa shape index (κ1) is 9.71. The average Bonchev–Trinajstić information content (AvgIpc) is 2.74. The SMILES string of the molecule is CCCn1ncnc1C1=CC(Cl)CC1. The summed E-state index contributed by atoms with van der Waals surface area (Å²) < 4.78 is 1.96. The lowest BCUT2D eigenvalue weighted by Gasteiger charge is -2.03. The Morgan fingerprint density at radius 3 is 3.14 bits per heavy atom. The second-order valence-electron chi connectivity index (χ2n) is 3.55. The van der Waals surface area contributed by atoms with Crippen molar-refractivity contribution in [2.45, 2.75) is 38.1 Å². The van der Waals surface area contributed by atoms with Gasteiger partial charge in [0.05, 0.1) is 5.38 Å². The number of aryl methyl sites for hydroxylation is 1. The smallest absolute Gasteiger partial charge is 0.153 e. The molecule has 0 aromatic carbocycles. The maximum Gasteiger partial charge on any atom is 0.153 e. The molecule has 1 aliphatic carbocycles. The second kappa shape index (κ2) is 4.13. The lowest BCUT2D eigenvalue weighted by Crippen LogP contribution is -2.03. The maximum atomic E-state index is 6.02.